The zero-order valence-corrected chi connectivity index (χ0v) is 11.8. The van der Waals surface area contributed by atoms with E-state index in [1.807, 2.05) is 12.1 Å². The van der Waals surface area contributed by atoms with Gasteiger partial charge in [-0.25, -0.2) is 4.39 Å². The topological polar surface area (TPSA) is 26.0 Å². The fraction of sp³-hybridized carbons (Fsp3) is 0.286. The first-order valence-electron chi connectivity index (χ1n) is 5.90. The highest BCUT2D eigenvalue weighted by atomic mass is 32.2. The minimum Gasteiger partial charge on any atom is -0.326 e. The molecule has 2 unspecified atom stereocenters. The van der Waals surface area contributed by atoms with Crippen LogP contribution >= 0.6 is 23.1 Å². The maximum atomic E-state index is 12.9. The number of nitrogens with two attached hydrogens (primary N) is 1. The fourth-order valence-electron chi connectivity index (χ4n) is 1.71. The number of benzene rings is 1. The van der Waals surface area contributed by atoms with Crippen LogP contribution < -0.4 is 5.73 Å². The summed E-state index contributed by atoms with van der Waals surface area (Å²) in [5.74, 6) is -0.203. The van der Waals surface area contributed by atoms with Crippen LogP contribution in [0.15, 0.2) is 46.0 Å². The molecular formula is C14H16FNS2. The predicted molar refractivity (Wildman–Crippen MR) is 77.6 cm³/mol. The van der Waals surface area contributed by atoms with E-state index in [1.54, 1.807) is 23.1 Å². The van der Waals surface area contributed by atoms with Crippen molar-refractivity contribution < 1.29 is 4.39 Å². The van der Waals surface area contributed by atoms with Crippen molar-refractivity contribution in [1.29, 1.82) is 0 Å². The molecular weight excluding hydrogens is 265 g/mol. The molecule has 0 spiro atoms. The molecule has 2 N–H and O–H groups in total. The molecule has 0 aliphatic carbocycles. The zero-order valence-electron chi connectivity index (χ0n) is 10.2. The van der Waals surface area contributed by atoms with Crippen molar-refractivity contribution >= 4 is 23.1 Å². The molecule has 0 amide bonds. The Balaban J connectivity index is 2.17. The summed E-state index contributed by atoms with van der Waals surface area (Å²) in [6.07, 6.45) is 0.925. The van der Waals surface area contributed by atoms with Crippen LogP contribution in [0.2, 0.25) is 0 Å². The predicted octanol–water partition coefficient (Wildman–Crippen LogP) is 4.46. The van der Waals surface area contributed by atoms with Gasteiger partial charge < -0.3 is 5.73 Å². The number of thioether (sulfide) groups is 1. The first-order valence-corrected chi connectivity index (χ1v) is 7.73. The number of thiophene rings is 1. The summed E-state index contributed by atoms with van der Waals surface area (Å²) in [5.41, 5.74) is 7.45. The maximum absolute atomic E-state index is 12.9. The van der Waals surface area contributed by atoms with E-state index >= 15 is 0 Å². The normalized spacial score (nSPS) is 14.4. The highest BCUT2D eigenvalue weighted by Crippen LogP contribution is 2.38. The SMILES string of the molecule is CCC(N)C(Sc1ccc(F)cc1)c1ccsc1. The van der Waals surface area contributed by atoms with Crippen LogP contribution in [-0.4, -0.2) is 6.04 Å². The van der Waals surface area contributed by atoms with E-state index in [-0.39, 0.29) is 17.1 Å². The summed E-state index contributed by atoms with van der Waals surface area (Å²) < 4.78 is 12.9. The van der Waals surface area contributed by atoms with Crippen molar-refractivity contribution in [2.45, 2.75) is 29.5 Å². The van der Waals surface area contributed by atoms with Gasteiger partial charge in [0.15, 0.2) is 0 Å². The van der Waals surface area contributed by atoms with Crippen LogP contribution in [0.25, 0.3) is 0 Å². The average molecular weight is 281 g/mol. The van der Waals surface area contributed by atoms with Crippen LogP contribution in [0.4, 0.5) is 4.39 Å². The quantitative estimate of drug-likeness (QED) is 0.819. The molecule has 0 aliphatic heterocycles. The molecule has 0 saturated heterocycles. The molecule has 0 aliphatic rings. The first-order chi connectivity index (χ1) is 8.70. The lowest BCUT2D eigenvalue weighted by Gasteiger charge is -2.21. The lowest BCUT2D eigenvalue weighted by molar-refractivity contribution is 0.625. The van der Waals surface area contributed by atoms with Crippen molar-refractivity contribution in [2.75, 3.05) is 0 Å². The Morgan fingerprint density at radius 3 is 2.56 bits per heavy atom. The van der Waals surface area contributed by atoms with Gasteiger partial charge in [-0.15, -0.1) is 11.8 Å². The average Bonchev–Trinajstić information content (AvgIpc) is 2.91. The van der Waals surface area contributed by atoms with Crippen molar-refractivity contribution in [2.24, 2.45) is 5.73 Å². The summed E-state index contributed by atoms with van der Waals surface area (Å²) in [6.45, 7) is 2.09. The minimum atomic E-state index is -0.203. The number of hydrogen-bond donors (Lipinski definition) is 1. The Morgan fingerprint density at radius 1 is 1.28 bits per heavy atom. The van der Waals surface area contributed by atoms with Crippen LogP contribution in [0.5, 0.6) is 0 Å². The van der Waals surface area contributed by atoms with Crippen molar-refractivity contribution in [1.82, 2.24) is 0 Å². The summed E-state index contributed by atoms with van der Waals surface area (Å²) in [7, 11) is 0. The van der Waals surface area contributed by atoms with E-state index in [4.69, 9.17) is 5.73 Å². The van der Waals surface area contributed by atoms with E-state index in [0.717, 1.165) is 11.3 Å². The van der Waals surface area contributed by atoms with Crippen molar-refractivity contribution in [3.8, 4) is 0 Å². The third-order valence-electron chi connectivity index (χ3n) is 2.81. The van der Waals surface area contributed by atoms with Gasteiger partial charge in [-0.05, 0) is 53.1 Å². The van der Waals surface area contributed by atoms with Crippen LogP contribution in [-0.2, 0) is 0 Å². The Kier molecular flexibility index (Phi) is 4.80. The standard InChI is InChI=1S/C14H16FNS2/c1-2-13(16)14(10-7-8-17-9-10)18-12-5-3-11(15)4-6-12/h3-9,13-14H,2,16H2,1H3. The second-order valence-electron chi connectivity index (χ2n) is 4.12. The van der Waals surface area contributed by atoms with Crippen LogP contribution in [0, 0.1) is 5.82 Å². The fourth-order valence-corrected chi connectivity index (χ4v) is 3.73. The molecule has 0 radical (unpaired) electrons. The number of halogens is 1. The van der Waals surface area contributed by atoms with Gasteiger partial charge in [-0.1, -0.05) is 6.92 Å². The summed E-state index contributed by atoms with van der Waals surface area (Å²) in [4.78, 5) is 1.05. The molecule has 0 bridgehead atoms. The van der Waals surface area contributed by atoms with Crippen LogP contribution in [0.3, 0.4) is 0 Å². The third-order valence-corrected chi connectivity index (χ3v) is 4.93. The Morgan fingerprint density at radius 2 is 2.00 bits per heavy atom. The highest BCUT2D eigenvalue weighted by Gasteiger charge is 2.20. The lowest BCUT2D eigenvalue weighted by atomic mass is 10.1. The Bertz CT molecular complexity index is 467. The van der Waals surface area contributed by atoms with Gasteiger partial charge in [0.2, 0.25) is 0 Å². The van der Waals surface area contributed by atoms with Gasteiger partial charge in [0.25, 0.3) is 0 Å². The molecule has 1 nitrogen and oxygen atoms in total. The molecule has 18 heavy (non-hydrogen) atoms. The van der Waals surface area contributed by atoms with E-state index in [9.17, 15) is 4.39 Å². The van der Waals surface area contributed by atoms with Gasteiger partial charge in [0.05, 0.1) is 5.25 Å². The lowest BCUT2D eigenvalue weighted by Crippen LogP contribution is -2.25. The monoisotopic (exact) mass is 281 g/mol. The molecule has 1 heterocycles. The number of rotatable bonds is 5. The molecule has 0 saturated carbocycles. The summed E-state index contributed by atoms with van der Waals surface area (Å²) >= 11 is 3.38. The third kappa shape index (κ3) is 3.34. The molecule has 4 heteroatoms. The molecule has 1 aromatic heterocycles. The minimum absolute atomic E-state index is 0.106. The molecule has 96 valence electrons. The molecule has 2 aromatic rings. The van der Waals surface area contributed by atoms with Gasteiger partial charge in [-0.2, -0.15) is 11.3 Å². The van der Waals surface area contributed by atoms with E-state index in [0.29, 0.717) is 0 Å². The zero-order chi connectivity index (χ0) is 13.0. The van der Waals surface area contributed by atoms with E-state index in [1.165, 1.54) is 17.7 Å². The van der Waals surface area contributed by atoms with Crippen LogP contribution in [0.1, 0.15) is 24.2 Å². The van der Waals surface area contributed by atoms with E-state index < -0.39 is 0 Å². The van der Waals surface area contributed by atoms with Crippen molar-refractivity contribution in [3.63, 3.8) is 0 Å². The van der Waals surface area contributed by atoms with Crippen molar-refractivity contribution in [3.05, 3.63) is 52.5 Å². The first kappa shape index (κ1) is 13.6. The summed E-state index contributed by atoms with van der Waals surface area (Å²) in [5, 5.41) is 4.43. The second-order valence-corrected chi connectivity index (χ2v) is 6.12. The molecule has 2 rings (SSSR count). The van der Waals surface area contributed by atoms with E-state index in [2.05, 4.69) is 23.8 Å². The largest absolute Gasteiger partial charge is 0.326 e. The number of hydrogen-bond acceptors (Lipinski definition) is 3. The smallest absolute Gasteiger partial charge is 0.123 e. The Labute approximate surface area is 115 Å². The molecule has 0 fully saturated rings. The summed E-state index contributed by atoms with van der Waals surface area (Å²) in [6, 6.07) is 8.81. The van der Waals surface area contributed by atoms with Gasteiger partial charge >= 0.3 is 0 Å². The highest BCUT2D eigenvalue weighted by molar-refractivity contribution is 7.99. The van der Waals surface area contributed by atoms with Gasteiger partial charge in [0, 0.05) is 10.9 Å². The molecule has 1 aromatic carbocycles. The second kappa shape index (κ2) is 6.36. The maximum Gasteiger partial charge on any atom is 0.123 e. The van der Waals surface area contributed by atoms with Gasteiger partial charge in [0.1, 0.15) is 5.82 Å². The molecule has 2 atom stereocenters. The Hall–Kier alpha value is -0.840. The van der Waals surface area contributed by atoms with Gasteiger partial charge in [-0.3, -0.25) is 0 Å².